The average molecular weight is 261 g/mol. The minimum absolute atomic E-state index is 0.132. The summed E-state index contributed by atoms with van der Waals surface area (Å²) in [4.78, 5) is 1.32. The number of benzene rings is 1. The van der Waals surface area contributed by atoms with E-state index in [4.69, 9.17) is 10.9 Å². The van der Waals surface area contributed by atoms with Gasteiger partial charge in [0.1, 0.15) is 0 Å². The summed E-state index contributed by atoms with van der Waals surface area (Å²) in [5, 5.41) is 17.0. The van der Waals surface area contributed by atoms with Crippen LogP contribution in [0.15, 0.2) is 46.9 Å². The molecule has 0 aliphatic carbocycles. The van der Waals surface area contributed by atoms with Crippen LogP contribution in [0, 0.1) is 0 Å². The molecule has 2 rings (SSSR count). The highest BCUT2D eigenvalue weighted by molar-refractivity contribution is 7.09. The lowest BCUT2D eigenvalue weighted by molar-refractivity contribution is 0.318. The van der Waals surface area contributed by atoms with Crippen molar-refractivity contribution >= 4 is 17.2 Å². The second kappa shape index (κ2) is 6.18. The van der Waals surface area contributed by atoms with Crippen LogP contribution in [0.25, 0.3) is 0 Å². The molecule has 4 N–H and O–H groups in total. The van der Waals surface area contributed by atoms with Gasteiger partial charge in [-0.15, -0.1) is 11.3 Å². The van der Waals surface area contributed by atoms with E-state index in [1.807, 2.05) is 30.3 Å². The summed E-state index contributed by atoms with van der Waals surface area (Å²) in [7, 11) is 0. The minimum atomic E-state index is 0.132. The van der Waals surface area contributed by atoms with E-state index in [9.17, 15) is 0 Å². The molecule has 0 aliphatic rings. The van der Waals surface area contributed by atoms with Crippen LogP contribution in [0.4, 0.5) is 0 Å². The van der Waals surface area contributed by atoms with Crippen LogP contribution in [0.2, 0.25) is 0 Å². The van der Waals surface area contributed by atoms with Gasteiger partial charge in [0.15, 0.2) is 5.84 Å². The minimum Gasteiger partial charge on any atom is -0.409 e. The highest BCUT2D eigenvalue weighted by atomic mass is 32.1. The molecule has 1 heterocycles. The standard InChI is InChI=1S/C13H15N3OS/c14-13(16-17)11-5-3-10(4-6-11)8-15-9-12-2-1-7-18-12/h1-7,15,17H,8-9H2,(H2,14,16). The van der Waals surface area contributed by atoms with Gasteiger partial charge >= 0.3 is 0 Å². The van der Waals surface area contributed by atoms with Crippen LogP contribution in [0.3, 0.4) is 0 Å². The Labute approximate surface area is 110 Å². The van der Waals surface area contributed by atoms with Gasteiger partial charge in [-0.3, -0.25) is 0 Å². The lowest BCUT2D eigenvalue weighted by atomic mass is 10.1. The molecule has 0 saturated heterocycles. The Kier molecular flexibility index (Phi) is 4.33. The number of hydrogen-bond acceptors (Lipinski definition) is 4. The summed E-state index contributed by atoms with van der Waals surface area (Å²) < 4.78 is 0. The van der Waals surface area contributed by atoms with Gasteiger partial charge < -0.3 is 16.3 Å². The number of hydrogen-bond donors (Lipinski definition) is 3. The summed E-state index contributed by atoms with van der Waals surface area (Å²) in [6.45, 7) is 1.67. The first-order valence-corrected chi connectivity index (χ1v) is 6.47. The summed E-state index contributed by atoms with van der Waals surface area (Å²) in [6, 6.07) is 11.8. The number of thiophene rings is 1. The van der Waals surface area contributed by atoms with E-state index < -0.39 is 0 Å². The largest absolute Gasteiger partial charge is 0.409 e. The topological polar surface area (TPSA) is 70.6 Å². The van der Waals surface area contributed by atoms with Crippen molar-refractivity contribution < 1.29 is 5.21 Å². The number of amidine groups is 1. The summed E-state index contributed by atoms with van der Waals surface area (Å²) in [5.74, 6) is 0.132. The van der Waals surface area contributed by atoms with Crippen molar-refractivity contribution in [1.82, 2.24) is 5.32 Å². The van der Waals surface area contributed by atoms with Gasteiger partial charge in [-0.1, -0.05) is 35.5 Å². The van der Waals surface area contributed by atoms with Crippen molar-refractivity contribution in [3.8, 4) is 0 Å². The zero-order valence-corrected chi connectivity index (χ0v) is 10.7. The molecule has 0 bridgehead atoms. The normalized spacial score (nSPS) is 11.7. The zero-order chi connectivity index (χ0) is 12.8. The highest BCUT2D eigenvalue weighted by Crippen LogP contribution is 2.08. The van der Waals surface area contributed by atoms with Gasteiger partial charge in [0, 0.05) is 23.5 Å². The fourth-order valence-electron chi connectivity index (χ4n) is 1.59. The highest BCUT2D eigenvalue weighted by Gasteiger charge is 1.99. The number of oxime groups is 1. The third-order valence-corrected chi connectivity index (χ3v) is 3.44. The Morgan fingerprint density at radius 2 is 2.00 bits per heavy atom. The maximum absolute atomic E-state index is 8.56. The van der Waals surface area contributed by atoms with Crippen LogP contribution >= 0.6 is 11.3 Å². The molecule has 1 aromatic carbocycles. The molecular weight excluding hydrogens is 246 g/mol. The second-order valence-corrected chi connectivity index (χ2v) is 4.90. The molecule has 0 radical (unpaired) electrons. The van der Waals surface area contributed by atoms with Gasteiger partial charge in [0.05, 0.1) is 0 Å². The monoisotopic (exact) mass is 261 g/mol. The molecule has 0 spiro atoms. The molecule has 5 heteroatoms. The predicted octanol–water partition coefficient (Wildman–Crippen LogP) is 2.13. The summed E-state index contributed by atoms with van der Waals surface area (Å²) >= 11 is 1.74. The van der Waals surface area contributed by atoms with Crippen LogP contribution in [0.5, 0.6) is 0 Å². The number of rotatable bonds is 5. The van der Waals surface area contributed by atoms with Crippen molar-refractivity contribution in [1.29, 1.82) is 0 Å². The molecule has 4 nitrogen and oxygen atoms in total. The average Bonchev–Trinajstić information content (AvgIpc) is 2.92. The Morgan fingerprint density at radius 3 is 2.61 bits per heavy atom. The Balaban J connectivity index is 1.87. The molecule has 0 unspecified atom stereocenters. The van der Waals surface area contributed by atoms with Crippen molar-refractivity contribution in [2.45, 2.75) is 13.1 Å². The molecule has 0 fully saturated rings. The van der Waals surface area contributed by atoms with Crippen LogP contribution < -0.4 is 11.1 Å². The molecular formula is C13H15N3OS. The molecule has 0 saturated carbocycles. The van der Waals surface area contributed by atoms with E-state index in [0.29, 0.717) is 0 Å². The van der Waals surface area contributed by atoms with E-state index in [1.54, 1.807) is 11.3 Å². The Bertz CT molecular complexity index is 506. The molecule has 0 atom stereocenters. The first kappa shape index (κ1) is 12.6. The number of nitrogens with two attached hydrogens (primary N) is 1. The summed E-state index contributed by atoms with van der Waals surface area (Å²) in [5.41, 5.74) is 7.38. The third kappa shape index (κ3) is 3.32. The maximum Gasteiger partial charge on any atom is 0.170 e. The number of nitrogens with zero attached hydrogens (tertiary/aromatic N) is 1. The summed E-state index contributed by atoms with van der Waals surface area (Å²) in [6.07, 6.45) is 0. The lowest BCUT2D eigenvalue weighted by Crippen LogP contribution is -2.14. The van der Waals surface area contributed by atoms with Gasteiger partial charge in [0.2, 0.25) is 0 Å². The van der Waals surface area contributed by atoms with Gasteiger partial charge in [0.25, 0.3) is 0 Å². The maximum atomic E-state index is 8.56. The van der Waals surface area contributed by atoms with Crippen molar-refractivity contribution in [3.63, 3.8) is 0 Å². The Morgan fingerprint density at radius 1 is 1.22 bits per heavy atom. The first-order valence-electron chi connectivity index (χ1n) is 5.59. The van der Waals surface area contributed by atoms with Gasteiger partial charge in [-0.05, 0) is 17.0 Å². The van der Waals surface area contributed by atoms with E-state index in [-0.39, 0.29) is 5.84 Å². The molecule has 1 aromatic heterocycles. The predicted molar refractivity (Wildman–Crippen MR) is 73.8 cm³/mol. The molecule has 0 aliphatic heterocycles. The van der Waals surface area contributed by atoms with E-state index in [2.05, 4.69) is 21.9 Å². The zero-order valence-electron chi connectivity index (χ0n) is 9.84. The quantitative estimate of drug-likeness (QED) is 0.334. The molecule has 18 heavy (non-hydrogen) atoms. The van der Waals surface area contributed by atoms with E-state index in [1.165, 1.54) is 10.4 Å². The van der Waals surface area contributed by atoms with Gasteiger partial charge in [-0.25, -0.2) is 0 Å². The van der Waals surface area contributed by atoms with E-state index in [0.717, 1.165) is 18.7 Å². The molecule has 94 valence electrons. The third-order valence-electron chi connectivity index (χ3n) is 2.57. The molecule has 2 aromatic rings. The van der Waals surface area contributed by atoms with Crippen LogP contribution in [-0.2, 0) is 13.1 Å². The fraction of sp³-hybridized carbons (Fsp3) is 0.154. The van der Waals surface area contributed by atoms with Gasteiger partial charge in [-0.2, -0.15) is 0 Å². The van der Waals surface area contributed by atoms with E-state index >= 15 is 0 Å². The SMILES string of the molecule is NC(=NO)c1ccc(CNCc2cccs2)cc1. The number of nitrogens with one attached hydrogen (secondary N) is 1. The van der Waals surface area contributed by atoms with Crippen molar-refractivity contribution in [2.75, 3.05) is 0 Å². The lowest BCUT2D eigenvalue weighted by Gasteiger charge is -2.04. The van der Waals surface area contributed by atoms with Crippen LogP contribution in [0.1, 0.15) is 16.0 Å². The Hall–Kier alpha value is -1.85. The molecule has 0 amide bonds. The second-order valence-electron chi connectivity index (χ2n) is 3.87. The smallest absolute Gasteiger partial charge is 0.170 e. The fourth-order valence-corrected chi connectivity index (χ4v) is 2.27. The van der Waals surface area contributed by atoms with Crippen LogP contribution in [-0.4, -0.2) is 11.0 Å². The van der Waals surface area contributed by atoms with Crippen molar-refractivity contribution in [2.24, 2.45) is 10.9 Å². The first-order chi connectivity index (χ1) is 8.79. The van der Waals surface area contributed by atoms with Crippen molar-refractivity contribution in [3.05, 3.63) is 57.8 Å².